The minimum atomic E-state index is -0.925. The zero-order valence-corrected chi connectivity index (χ0v) is 11.9. The number of hydrogen-bond donors (Lipinski definition) is 1. The van der Waals surface area contributed by atoms with Gasteiger partial charge >= 0.3 is 5.97 Å². The fourth-order valence-electron chi connectivity index (χ4n) is 1.52. The Bertz CT molecular complexity index is 402. The highest BCUT2D eigenvalue weighted by atomic mass is 32.2. The van der Waals surface area contributed by atoms with Crippen LogP contribution in [0.15, 0.2) is 23.1 Å². The fourth-order valence-corrected chi connectivity index (χ4v) is 2.34. The van der Waals surface area contributed by atoms with Gasteiger partial charge in [-0.1, -0.05) is 26.8 Å². The monoisotopic (exact) mass is 268 g/mol. The minimum absolute atomic E-state index is 0.285. The topological polar surface area (TPSA) is 46.5 Å². The van der Waals surface area contributed by atoms with Crippen LogP contribution in [0.5, 0.6) is 5.75 Å². The van der Waals surface area contributed by atoms with E-state index in [4.69, 9.17) is 4.74 Å². The van der Waals surface area contributed by atoms with E-state index in [1.165, 1.54) is 11.8 Å². The third-order valence-electron chi connectivity index (χ3n) is 2.45. The molecule has 0 spiro atoms. The lowest BCUT2D eigenvalue weighted by molar-refractivity contribution is 0.0688. The molecule has 0 aliphatic carbocycles. The van der Waals surface area contributed by atoms with Crippen molar-refractivity contribution in [3.05, 3.63) is 23.8 Å². The molecule has 0 fully saturated rings. The van der Waals surface area contributed by atoms with Gasteiger partial charge in [0.05, 0.1) is 6.61 Å². The van der Waals surface area contributed by atoms with Crippen LogP contribution < -0.4 is 4.74 Å². The van der Waals surface area contributed by atoms with E-state index < -0.39 is 5.97 Å². The Morgan fingerprint density at radius 2 is 2.17 bits per heavy atom. The second-order valence-electron chi connectivity index (χ2n) is 4.40. The van der Waals surface area contributed by atoms with Crippen LogP contribution in [0.4, 0.5) is 0 Å². The van der Waals surface area contributed by atoms with E-state index in [-0.39, 0.29) is 5.56 Å². The van der Waals surface area contributed by atoms with Crippen molar-refractivity contribution in [1.29, 1.82) is 0 Å². The Kier molecular flexibility index (Phi) is 6.05. The maximum atomic E-state index is 11.3. The first-order valence-corrected chi connectivity index (χ1v) is 7.16. The van der Waals surface area contributed by atoms with Crippen LogP contribution in [0.2, 0.25) is 0 Å². The second-order valence-corrected chi connectivity index (χ2v) is 5.70. The van der Waals surface area contributed by atoms with Gasteiger partial charge in [0.2, 0.25) is 0 Å². The third-order valence-corrected chi connectivity index (χ3v) is 3.39. The number of thioether (sulfide) groups is 1. The molecule has 100 valence electrons. The summed E-state index contributed by atoms with van der Waals surface area (Å²) in [6, 6.07) is 5.39. The summed E-state index contributed by atoms with van der Waals surface area (Å²) in [5.74, 6) is 0.939. The summed E-state index contributed by atoms with van der Waals surface area (Å²) in [6.07, 6.45) is 0.921. The molecular weight excluding hydrogens is 248 g/mol. The van der Waals surface area contributed by atoms with Crippen molar-refractivity contribution < 1.29 is 14.6 Å². The van der Waals surface area contributed by atoms with Gasteiger partial charge in [0.1, 0.15) is 11.3 Å². The Morgan fingerprint density at radius 1 is 1.44 bits per heavy atom. The summed E-state index contributed by atoms with van der Waals surface area (Å²) in [5, 5.41) is 9.29. The molecule has 3 nitrogen and oxygen atoms in total. The van der Waals surface area contributed by atoms with Gasteiger partial charge in [-0.15, -0.1) is 11.8 Å². The van der Waals surface area contributed by atoms with Crippen molar-refractivity contribution in [2.45, 2.75) is 32.1 Å². The quantitative estimate of drug-likeness (QED) is 0.761. The molecule has 0 amide bonds. The van der Waals surface area contributed by atoms with Gasteiger partial charge in [0, 0.05) is 4.90 Å². The van der Waals surface area contributed by atoms with Crippen LogP contribution >= 0.6 is 11.8 Å². The normalized spacial score (nSPS) is 10.7. The highest BCUT2D eigenvalue weighted by Gasteiger charge is 2.16. The number of benzene rings is 1. The average Bonchev–Trinajstić information content (AvgIpc) is 2.28. The number of hydrogen-bond acceptors (Lipinski definition) is 3. The lowest BCUT2D eigenvalue weighted by Crippen LogP contribution is -2.07. The predicted molar refractivity (Wildman–Crippen MR) is 74.7 cm³/mol. The zero-order valence-electron chi connectivity index (χ0n) is 11.1. The first-order valence-electron chi connectivity index (χ1n) is 6.18. The molecule has 18 heavy (non-hydrogen) atoms. The van der Waals surface area contributed by atoms with Crippen molar-refractivity contribution in [3.8, 4) is 5.75 Å². The smallest absolute Gasteiger partial charge is 0.340 e. The molecule has 0 unspecified atom stereocenters. The number of aromatic carboxylic acids is 1. The maximum absolute atomic E-state index is 11.3. The lowest BCUT2D eigenvalue weighted by Gasteiger charge is -2.13. The van der Waals surface area contributed by atoms with Gasteiger partial charge in [-0.25, -0.2) is 4.79 Å². The Balaban J connectivity index is 2.88. The van der Waals surface area contributed by atoms with Crippen LogP contribution in [0.25, 0.3) is 0 Å². The molecule has 1 aromatic carbocycles. The van der Waals surface area contributed by atoms with Gasteiger partial charge in [0.15, 0.2) is 0 Å². The largest absolute Gasteiger partial charge is 0.493 e. The molecule has 0 bridgehead atoms. The molecule has 1 N–H and O–H groups in total. The van der Waals surface area contributed by atoms with Gasteiger partial charge in [-0.3, -0.25) is 0 Å². The molecule has 0 saturated carbocycles. The molecule has 1 rings (SSSR count). The second kappa shape index (κ2) is 7.31. The highest BCUT2D eigenvalue weighted by Crippen LogP contribution is 2.30. The van der Waals surface area contributed by atoms with E-state index in [1.54, 1.807) is 6.07 Å². The summed E-state index contributed by atoms with van der Waals surface area (Å²) in [7, 11) is 0. The SMILES string of the molecule is CCSc1cccc(OCCC(C)C)c1C(=O)O. The molecule has 0 radical (unpaired) electrons. The van der Waals surface area contributed by atoms with E-state index in [9.17, 15) is 9.90 Å². The van der Waals surface area contributed by atoms with E-state index in [0.29, 0.717) is 18.3 Å². The van der Waals surface area contributed by atoms with Crippen molar-refractivity contribution in [2.75, 3.05) is 12.4 Å². The van der Waals surface area contributed by atoms with Crippen LogP contribution in [-0.2, 0) is 0 Å². The molecule has 1 aromatic rings. The zero-order chi connectivity index (χ0) is 13.5. The summed E-state index contributed by atoms with van der Waals surface area (Å²) in [6.45, 7) is 6.79. The van der Waals surface area contributed by atoms with E-state index in [0.717, 1.165) is 17.1 Å². The Morgan fingerprint density at radius 3 is 2.72 bits per heavy atom. The fraction of sp³-hybridized carbons (Fsp3) is 0.500. The number of rotatable bonds is 7. The summed E-state index contributed by atoms with van der Waals surface area (Å²) in [4.78, 5) is 12.1. The number of carbonyl (C=O) groups is 1. The van der Waals surface area contributed by atoms with Crippen LogP contribution in [0, 0.1) is 5.92 Å². The first-order chi connectivity index (χ1) is 8.56. The van der Waals surface area contributed by atoms with E-state index in [2.05, 4.69) is 13.8 Å². The van der Waals surface area contributed by atoms with Crippen LogP contribution in [0.3, 0.4) is 0 Å². The van der Waals surface area contributed by atoms with E-state index in [1.807, 2.05) is 19.1 Å². The Hall–Kier alpha value is -1.16. The van der Waals surface area contributed by atoms with E-state index >= 15 is 0 Å². The molecule has 0 aromatic heterocycles. The molecule has 0 heterocycles. The molecule has 0 atom stereocenters. The molecule has 0 saturated heterocycles. The van der Waals surface area contributed by atoms with Gasteiger partial charge in [0.25, 0.3) is 0 Å². The third kappa shape index (κ3) is 4.26. The minimum Gasteiger partial charge on any atom is -0.493 e. The van der Waals surface area contributed by atoms with Crippen LogP contribution in [0.1, 0.15) is 37.6 Å². The average molecular weight is 268 g/mol. The number of ether oxygens (including phenoxy) is 1. The highest BCUT2D eigenvalue weighted by molar-refractivity contribution is 7.99. The van der Waals surface area contributed by atoms with Crippen molar-refractivity contribution in [3.63, 3.8) is 0 Å². The summed E-state index contributed by atoms with van der Waals surface area (Å²) in [5.41, 5.74) is 0.285. The van der Waals surface area contributed by atoms with Crippen molar-refractivity contribution in [2.24, 2.45) is 5.92 Å². The number of carboxylic acid groups (broad SMARTS) is 1. The first kappa shape index (κ1) is 14.9. The molecule has 0 aliphatic heterocycles. The molecule has 0 aliphatic rings. The summed E-state index contributed by atoms with van der Waals surface area (Å²) < 4.78 is 5.60. The Labute approximate surface area is 113 Å². The van der Waals surface area contributed by atoms with Gasteiger partial charge in [-0.2, -0.15) is 0 Å². The standard InChI is InChI=1S/C14H20O3S/c1-4-18-12-7-5-6-11(13(12)14(15)16)17-9-8-10(2)3/h5-7,10H,4,8-9H2,1-3H3,(H,15,16). The molecular formula is C14H20O3S. The van der Waals surface area contributed by atoms with Crippen LogP contribution in [-0.4, -0.2) is 23.4 Å². The van der Waals surface area contributed by atoms with Crippen molar-refractivity contribution in [1.82, 2.24) is 0 Å². The summed E-state index contributed by atoms with van der Waals surface area (Å²) >= 11 is 1.52. The lowest BCUT2D eigenvalue weighted by atomic mass is 10.1. The van der Waals surface area contributed by atoms with Crippen molar-refractivity contribution >= 4 is 17.7 Å². The number of carboxylic acids is 1. The van der Waals surface area contributed by atoms with Gasteiger partial charge < -0.3 is 9.84 Å². The predicted octanol–water partition coefficient (Wildman–Crippen LogP) is 3.92. The maximum Gasteiger partial charge on any atom is 0.340 e. The molecule has 4 heteroatoms. The van der Waals surface area contributed by atoms with Gasteiger partial charge in [-0.05, 0) is 30.2 Å².